The summed E-state index contributed by atoms with van der Waals surface area (Å²) in [7, 11) is 0. The monoisotopic (exact) mass is 264 g/mol. The SMILES string of the molecule is O=C1NC2(CCCCCC2)C(=O)N1CC(F)(F)F. The summed E-state index contributed by atoms with van der Waals surface area (Å²) in [6.45, 7) is -1.50. The van der Waals surface area contributed by atoms with E-state index in [1.807, 2.05) is 0 Å². The number of urea groups is 1. The lowest BCUT2D eigenvalue weighted by Crippen LogP contribution is -2.47. The van der Waals surface area contributed by atoms with E-state index in [-0.39, 0.29) is 0 Å². The number of hydrogen-bond acceptors (Lipinski definition) is 2. The Morgan fingerprint density at radius 1 is 1.11 bits per heavy atom. The Kier molecular flexibility index (Phi) is 3.25. The van der Waals surface area contributed by atoms with Crippen LogP contribution in [0, 0.1) is 0 Å². The Hall–Kier alpha value is -1.27. The lowest BCUT2D eigenvalue weighted by Gasteiger charge is -2.24. The molecule has 0 radical (unpaired) electrons. The number of halogens is 3. The first kappa shape index (κ1) is 13.2. The van der Waals surface area contributed by atoms with Gasteiger partial charge in [0.25, 0.3) is 5.91 Å². The minimum absolute atomic E-state index is 0.297. The minimum atomic E-state index is -4.55. The van der Waals surface area contributed by atoms with Crippen LogP contribution in [0.1, 0.15) is 38.5 Å². The van der Waals surface area contributed by atoms with Crippen LogP contribution in [0.3, 0.4) is 0 Å². The van der Waals surface area contributed by atoms with E-state index in [0.29, 0.717) is 17.7 Å². The van der Waals surface area contributed by atoms with Crippen molar-refractivity contribution in [3.63, 3.8) is 0 Å². The van der Waals surface area contributed by atoms with Gasteiger partial charge in [-0.15, -0.1) is 0 Å². The van der Waals surface area contributed by atoms with Gasteiger partial charge in [0.05, 0.1) is 0 Å². The molecule has 4 nitrogen and oxygen atoms in total. The third kappa shape index (κ3) is 2.44. The van der Waals surface area contributed by atoms with Gasteiger partial charge in [0.15, 0.2) is 0 Å². The number of amides is 3. The highest BCUT2D eigenvalue weighted by molar-refractivity contribution is 6.07. The first-order chi connectivity index (χ1) is 8.34. The van der Waals surface area contributed by atoms with Crippen molar-refractivity contribution in [1.82, 2.24) is 10.2 Å². The quantitative estimate of drug-likeness (QED) is 0.738. The highest BCUT2D eigenvalue weighted by Gasteiger charge is 2.53. The molecule has 0 atom stereocenters. The summed E-state index contributed by atoms with van der Waals surface area (Å²) in [4.78, 5) is 23.9. The molecular weight excluding hydrogens is 249 g/mol. The van der Waals surface area contributed by atoms with Crippen molar-refractivity contribution in [3.8, 4) is 0 Å². The number of nitrogens with zero attached hydrogens (tertiary/aromatic N) is 1. The van der Waals surface area contributed by atoms with Gasteiger partial charge in [0.1, 0.15) is 12.1 Å². The van der Waals surface area contributed by atoms with Crippen molar-refractivity contribution in [1.29, 1.82) is 0 Å². The molecule has 18 heavy (non-hydrogen) atoms. The van der Waals surface area contributed by atoms with E-state index >= 15 is 0 Å². The predicted octanol–water partition coefficient (Wildman–Crippen LogP) is 2.19. The van der Waals surface area contributed by atoms with Crippen LogP contribution in [0.4, 0.5) is 18.0 Å². The zero-order valence-electron chi connectivity index (χ0n) is 9.85. The Morgan fingerprint density at radius 2 is 1.67 bits per heavy atom. The molecule has 0 aromatic carbocycles. The van der Waals surface area contributed by atoms with Gasteiger partial charge in [-0.1, -0.05) is 25.7 Å². The highest BCUT2D eigenvalue weighted by atomic mass is 19.4. The second-order valence-electron chi connectivity index (χ2n) is 4.93. The molecule has 2 aliphatic rings. The minimum Gasteiger partial charge on any atom is -0.323 e. The van der Waals surface area contributed by atoms with Gasteiger partial charge in [0, 0.05) is 0 Å². The van der Waals surface area contributed by atoms with Gasteiger partial charge in [-0.25, -0.2) is 4.79 Å². The summed E-state index contributed by atoms with van der Waals surface area (Å²) in [6.07, 6.45) is -0.271. The molecule has 1 saturated heterocycles. The zero-order chi connectivity index (χ0) is 13.4. The van der Waals surface area contributed by atoms with Gasteiger partial charge in [0.2, 0.25) is 0 Å². The maximum atomic E-state index is 12.3. The number of carbonyl (C=O) groups excluding carboxylic acids is 2. The predicted molar refractivity (Wildman–Crippen MR) is 56.7 cm³/mol. The van der Waals surface area contributed by atoms with Crippen molar-refractivity contribution in [3.05, 3.63) is 0 Å². The third-order valence-corrected chi connectivity index (χ3v) is 3.54. The summed E-state index contributed by atoms with van der Waals surface area (Å²) < 4.78 is 36.9. The second-order valence-corrected chi connectivity index (χ2v) is 4.93. The largest absolute Gasteiger partial charge is 0.406 e. The van der Waals surface area contributed by atoms with Crippen molar-refractivity contribution in [2.24, 2.45) is 0 Å². The number of nitrogens with one attached hydrogen (secondary N) is 1. The van der Waals surface area contributed by atoms with Crippen LogP contribution in [-0.2, 0) is 4.79 Å². The molecule has 1 aliphatic heterocycles. The van der Waals surface area contributed by atoms with E-state index in [2.05, 4.69) is 5.32 Å². The fourth-order valence-corrected chi connectivity index (χ4v) is 2.67. The molecule has 102 valence electrons. The summed E-state index contributed by atoms with van der Waals surface area (Å²) in [6, 6.07) is -0.917. The van der Waals surface area contributed by atoms with E-state index in [4.69, 9.17) is 0 Å². The third-order valence-electron chi connectivity index (χ3n) is 3.54. The zero-order valence-corrected chi connectivity index (χ0v) is 9.85. The van der Waals surface area contributed by atoms with Gasteiger partial charge in [-0.3, -0.25) is 9.69 Å². The summed E-state index contributed by atoms with van der Waals surface area (Å²) in [5.74, 6) is -0.716. The van der Waals surface area contributed by atoms with Crippen molar-refractivity contribution >= 4 is 11.9 Å². The molecule has 1 aliphatic carbocycles. The van der Waals surface area contributed by atoms with Crippen molar-refractivity contribution < 1.29 is 22.8 Å². The Balaban J connectivity index is 2.17. The molecule has 7 heteroatoms. The molecule has 1 saturated carbocycles. The Bertz CT molecular complexity index is 360. The standard InChI is InChI=1S/C11H15F3N2O2/c12-11(13,14)7-16-8(17)10(15-9(16)18)5-3-1-2-4-6-10/h1-7H2,(H,15,18). The van der Waals surface area contributed by atoms with Gasteiger partial charge >= 0.3 is 12.2 Å². The topological polar surface area (TPSA) is 49.4 Å². The van der Waals surface area contributed by atoms with Crippen LogP contribution >= 0.6 is 0 Å². The molecule has 0 aromatic rings. The maximum absolute atomic E-state index is 12.3. The van der Waals surface area contributed by atoms with Crippen LogP contribution in [0.15, 0.2) is 0 Å². The smallest absolute Gasteiger partial charge is 0.323 e. The summed E-state index contributed by atoms with van der Waals surface area (Å²) in [5, 5.41) is 2.47. The number of hydrogen-bond donors (Lipinski definition) is 1. The van der Waals surface area contributed by atoms with E-state index < -0.39 is 30.2 Å². The van der Waals surface area contributed by atoms with Gasteiger partial charge < -0.3 is 5.32 Å². The maximum Gasteiger partial charge on any atom is 0.406 e. The Labute approximate surface area is 103 Å². The van der Waals surface area contributed by atoms with Crippen LogP contribution in [0.2, 0.25) is 0 Å². The normalized spacial score (nSPS) is 24.3. The van der Waals surface area contributed by atoms with E-state index in [1.54, 1.807) is 0 Å². The number of carbonyl (C=O) groups is 2. The molecule has 1 heterocycles. The van der Waals surface area contributed by atoms with Gasteiger partial charge in [-0.2, -0.15) is 13.2 Å². The van der Waals surface area contributed by atoms with Crippen LogP contribution < -0.4 is 5.32 Å². The lowest BCUT2D eigenvalue weighted by atomic mass is 9.90. The molecule has 0 bridgehead atoms. The fourth-order valence-electron chi connectivity index (χ4n) is 2.67. The average molecular weight is 264 g/mol. The molecule has 0 unspecified atom stereocenters. The van der Waals surface area contributed by atoms with Crippen molar-refractivity contribution in [2.45, 2.75) is 50.2 Å². The molecule has 3 amide bonds. The molecule has 1 N–H and O–H groups in total. The van der Waals surface area contributed by atoms with Crippen LogP contribution in [0.5, 0.6) is 0 Å². The number of alkyl halides is 3. The second kappa shape index (κ2) is 4.44. The van der Waals surface area contributed by atoms with Crippen LogP contribution in [-0.4, -0.2) is 35.1 Å². The molecular formula is C11H15F3N2O2. The molecule has 2 fully saturated rings. The van der Waals surface area contributed by atoms with Crippen molar-refractivity contribution in [2.75, 3.05) is 6.54 Å². The first-order valence-corrected chi connectivity index (χ1v) is 6.05. The summed E-state index contributed by atoms with van der Waals surface area (Å²) in [5.41, 5.74) is -1.08. The van der Waals surface area contributed by atoms with E-state index in [0.717, 1.165) is 25.7 Å². The van der Waals surface area contributed by atoms with E-state index in [9.17, 15) is 22.8 Å². The summed E-state index contributed by atoms with van der Waals surface area (Å²) >= 11 is 0. The number of rotatable bonds is 1. The van der Waals surface area contributed by atoms with E-state index in [1.165, 1.54) is 0 Å². The average Bonchev–Trinajstić information content (AvgIpc) is 2.47. The number of imide groups is 1. The molecule has 0 aromatic heterocycles. The van der Waals surface area contributed by atoms with Crippen LogP contribution in [0.25, 0.3) is 0 Å². The van der Waals surface area contributed by atoms with Gasteiger partial charge in [-0.05, 0) is 12.8 Å². The first-order valence-electron chi connectivity index (χ1n) is 6.05. The molecule has 2 rings (SSSR count). The Morgan fingerprint density at radius 3 is 2.17 bits per heavy atom. The highest BCUT2D eigenvalue weighted by Crippen LogP contribution is 2.33. The fraction of sp³-hybridized carbons (Fsp3) is 0.818. The lowest BCUT2D eigenvalue weighted by molar-refractivity contribution is -0.155. The molecule has 1 spiro atoms.